The first kappa shape index (κ1) is 29.5. The molecule has 2 saturated carbocycles. The molecule has 7 N–H and O–H groups in total. The Balaban J connectivity index is 1.14. The van der Waals surface area contributed by atoms with Gasteiger partial charge in [-0.2, -0.15) is 4.37 Å². The molecule has 0 radical (unpaired) electrons. The number of phosphoric acid groups is 1. The molecule has 2 saturated heterocycles. The number of nitrogens with zero attached hydrogens (tertiary/aromatic N) is 6. The number of hydrogen-bond donors (Lipinski definition) is 5. The van der Waals surface area contributed by atoms with Crippen LogP contribution in [0, 0.1) is 11.3 Å². The number of hydrogen-bond acceptors (Lipinski definition) is 17. The van der Waals surface area contributed by atoms with E-state index < -0.39 is 69.0 Å². The maximum atomic E-state index is 13.9. The van der Waals surface area contributed by atoms with Crippen LogP contribution >= 0.6 is 27.4 Å². The number of aliphatic hydroxyl groups excluding tert-OH is 1. The Morgan fingerprint density at radius 2 is 2.09 bits per heavy atom. The van der Waals surface area contributed by atoms with Gasteiger partial charge in [0.05, 0.1) is 42.2 Å². The number of nitrogen functional groups attached to an aromatic ring is 2. The number of H-pyrrole nitrogens is 1. The number of rotatable bonds is 3. The fraction of sp³-hybridized carbons (Fsp3) is 0.565. The van der Waals surface area contributed by atoms with E-state index in [1.165, 1.54) is 19.8 Å². The average Bonchev–Trinajstić information content (AvgIpc) is 3.33. The van der Waals surface area contributed by atoms with Gasteiger partial charge in [-0.25, -0.2) is 24.5 Å². The summed E-state index contributed by atoms with van der Waals surface area (Å²) in [5.41, 5.74) is 10.1. The van der Waals surface area contributed by atoms with Crippen molar-refractivity contribution in [2.45, 2.75) is 48.6 Å². The zero-order valence-electron chi connectivity index (χ0n) is 23.2. The first-order valence-electron chi connectivity index (χ1n) is 13.8. The summed E-state index contributed by atoms with van der Waals surface area (Å²) in [4.78, 5) is 42.8. The third kappa shape index (κ3) is 4.43. The van der Waals surface area contributed by atoms with Crippen molar-refractivity contribution in [1.82, 2.24) is 33.9 Å². The van der Waals surface area contributed by atoms with E-state index in [1.807, 2.05) is 0 Å². The molecule has 11 atom stereocenters. The zero-order valence-corrected chi connectivity index (χ0v) is 26.0. The van der Waals surface area contributed by atoms with Gasteiger partial charge in [0.25, 0.3) is 5.56 Å². The van der Waals surface area contributed by atoms with E-state index in [0.717, 1.165) is 11.5 Å². The Kier molecular flexibility index (Phi) is 6.75. The summed E-state index contributed by atoms with van der Waals surface area (Å²) < 4.78 is 62.4. The SMILES string of the molecule is CO[C@H]1[C@H]2OP(=O)(O)OCC34C[C@@H]3[C@@H](n3cnc5c(N)ncnc53)[C@H](O)[C@@H]4[PH](=O)OC[C@H]1O[C@H]2c1snc2c(=O)[nH]c(N)nc12. The van der Waals surface area contributed by atoms with E-state index in [0.29, 0.717) is 22.5 Å². The molecule has 4 aromatic rings. The van der Waals surface area contributed by atoms with Crippen molar-refractivity contribution >= 4 is 61.3 Å². The van der Waals surface area contributed by atoms with Crippen LogP contribution in [-0.2, 0) is 32.2 Å². The standard InChI is InChI=1S/C23H27N9O10P2S/c1-38-14-8-3-39-43(35)18-13(33)12(32-6-28-11-19(24)26-5-27-20(11)32)7-2-23(7,18)4-40-44(36,37)42-15(14)16(41-8)17-9-10(31-45-17)21(34)30-22(25)29-9/h5-8,12-16,18,33,43H,2-4H2,1H3,(H,36,37)(H2,24,26,27)(H3,25,29,30,34)/t7-,8-,12-,13+,14-,15-,16-,18+,23?/m1/s1. The smallest absolute Gasteiger partial charge is 0.390 e. The third-order valence-corrected chi connectivity index (χ3v) is 13.0. The quantitative estimate of drug-likeness (QED) is 0.180. The Morgan fingerprint density at radius 3 is 2.89 bits per heavy atom. The van der Waals surface area contributed by atoms with Gasteiger partial charge in [-0.15, -0.1) is 0 Å². The molecular weight excluding hydrogens is 656 g/mol. The highest BCUT2D eigenvalue weighted by atomic mass is 32.1. The molecular formula is C23H27N9O10P2S. The lowest BCUT2D eigenvalue weighted by Gasteiger charge is -2.30. The number of nitrogens with one attached hydrogen (secondary N) is 1. The lowest BCUT2D eigenvalue weighted by molar-refractivity contribution is -0.0320. The normalized spacial score (nSPS) is 39.8. The van der Waals surface area contributed by atoms with Gasteiger partial charge in [0.1, 0.15) is 41.8 Å². The van der Waals surface area contributed by atoms with E-state index in [2.05, 4.69) is 29.3 Å². The van der Waals surface area contributed by atoms with Crippen LogP contribution in [0.3, 0.4) is 0 Å². The van der Waals surface area contributed by atoms with Gasteiger partial charge < -0.3 is 40.0 Å². The number of aliphatic hydroxyl groups is 1. The summed E-state index contributed by atoms with van der Waals surface area (Å²) >= 11 is 0.883. The minimum atomic E-state index is -4.84. The molecule has 8 rings (SSSR count). The number of imidazole rings is 1. The Morgan fingerprint density at radius 1 is 1.27 bits per heavy atom. The summed E-state index contributed by atoms with van der Waals surface area (Å²) in [5, 5.41) is 11.6. The summed E-state index contributed by atoms with van der Waals surface area (Å²) in [6.07, 6.45) is -2.34. The van der Waals surface area contributed by atoms with Gasteiger partial charge >= 0.3 is 7.82 Å². The average molecular weight is 684 g/mol. The molecule has 45 heavy (non-hydrogen) atoms. The highest BCUT2D eigenvalue weighted by Gasteiger charge is 2.74. The molecule has 4 fully saturated rings. The van der Waals surface area contributed by atoms with Crippen LogP contribution in [0.5, 0.6) is 0 Å². The minimum absolute atomic E-state index is 0.00156. The van der Waals surface area contributed by atoms with Crippen molar-refractivity contribution in [1.29, 1.82) is 0 Å². The molecule has 240 valence electrons. The molecule has 19 nitrogen and oxygen atoms in total. The van der Waals surface area contributed by atoms with Gasteiger partial charge in [-0.3, -0.25) is 23.4 Å². The lowest BCUT2D eigenvalue weighted by Crippen LogP contribution is -2.38. The van der Waals surface area contributed by atoms with Crippen molar-refractivity contribution < 1.29 is 42.2 Å². The van der Waals surface area contributed by atoms with Crippen molar-refractivity contribution in [3.63, 3.8) is 0 Å². The van der Waals surface area contributed by atoms with Crippen LogP contribution in [0.1, 0.15) is 23.4 Å². The molecule has 22 heteroatoms. The summed E-state index contributed by atoms with van der Waals surface area (Å²) in [5.74, 6) is -0.313. The van der Waals surface area contributed by atoms with Crippen molar-refractivity contribution in [3.05, 3.63) is 27.9 Å². The molecule has 4 aromatic heterocycles. The number of phosphoric ester groups is 1. The summed E-state index contributed by atoms with van der Waals surface area (Å²) in [7, 11) is -6.54. The Bertz CT molecular complexity index is 1970. The van der Waals surface area contributed by atoms with Crippen LogP contribution in [0.2, 0.25) is 0 Å². The van der Waals surface area contributed by atoms with E-state index >= 15 is 0 Å². The first-order valence-corrected chi connectivity index (χ1v) is 17.5. The molecule has 6 heterocycles. The molecule has 0 aromatic carbocycles. The maximum Gasteiger partial charge on any atom is 0.472 e. The number of nitrogens with two attached hydrogens (primary N) is 2. The van der Waals surface area contributed by atoms with Crippen LogP contribution in [0.25, 0.3) is 22.2 Å². The van der Waals surface area contributed by atoms with Crippen LogP contribution in [0.4, 0.5) is 11.8 Å². The topological polar surface area (TPSA) is 275 Å². The maximum absolute atomic E-state index is 13.9. The van der Waals surface area contributed by atoms with Gasteiger partial charge in [0.15, 0.2) is 25.0 Å². The van der Waals surface area contributed by atoms with Crippen LogP contribution in [-0.4, -0.2) is 94.3 Å². The van der Waals surface area contributed by atoms with E-state index in [4.69, 9.17) is 34.5 Å². The third-order valence-electron chi connectivity index (χ3n) is 9.23. The number of fused-ring (bicyclic) bond motifs is 4. The Hall–Kier alpha value is -2.90. The van der Waals surface area contributed by atoms with Crippen LogP contribution in [0.15, 0.2) is 17.4 Å². The molecule has 1 spiro atoms. The molecule has 3 unspecified atom stereocenters. The van der Waals surface area contributed by atoms with E-state index in [9.17, 15) is 23.9 Å². The monoisotopic (exact) mass is 683 g/mol. The number of aromatic nitrogens is 7. The second kappa shape index (κ2) is 10.3. The van der Waals surface area contributed by atoms with Gasteiger partial charge in [0.2, 0.25) is 5.95 Å². The predicted octanol–water partition coefficient (Wildman–Crippen LogP) is 0.136. The summed E-state index contributed by atoms with van der Waals surface area (Å²) in [6, 6.07) is -0.647. The van der Waals surface area contributed by atoms with E-state index in [1.54, 1.807) is 4.57 Å². The fourth-order valence-electron chi connectivity index (χ4n) is 7.20. The van der Waals surface area contributed by atoms with Crippen molar-refractivity contribution in [3.8, 4) is 0 Å². The lowest BCUT2D eigenvalue weighted by atomic mass is 10.0. The van der Waals surface area contributed by atoms with Crippen LogP contribution < -0.4 is 17.0 Å². The minimum Gasteiger partial charge on any atom is -0.390 e. The molecule has 4 aliphatic rings. The number of methoxy groups -OCH3 is 1. The van der Waals surface area contributed by atoms with Gasteiger partial charge in [-0.1, -0.05) is 0 Å². The molecule has 2 bridgehead atoms. The highest BCUT2D eigenvalue weighted by molar-refractivity contribution is 7.47. The second-order valence-electron chi connectivity index (χ2n) is 11.5. The first-order chi connectivity index (χ1) is 21.5. The van der Waals surface area contributed by atoms with Crippen molar-refractivity contribution in [2.24, 2.45) is 11.3 Å². The zero-order chi connectivity index (χ0) is 31.4. The molecule has 2 aliphatic carbocycles. The number of aromatic amines is 1. The van der Waals surface area contributed by atoms with Gasteiger partial charge in [0, 0.05) is 12.5 Å². The summed E-state index contributed by atoms with van der Waals surface area (Å²) in [6.45, 7) is -0.619. The fourth-order valence-corrected chi connectivity index (χ4v) is 11.0. The highest BCUT2D eigenvalue weighted by Crippen LogP contribution is 2.74. The largest absolute Gasteiger partial charge is 0.472 e. The van der Waals surface area contributed by atoms with Crippen molar-refractivity contribution in [2.75, 3.05) is 31.8 Å². The Labute approximate surface area is 256 Å². The number of anilines is 2. The second-order valence-corrected chi connectivity index (χ2v) is 15.3. The number of ether oxygens (including phenoxy) is 2. The predicted molar refractivity (Wildman–Crippen MR) is 156 cm³/mol. The van der Waals surface area contributed by atoms with E-state index in [-0.39, 0.29) is 41.9 Å². The molecule has 2 aliphatic heterocycles. The van der Waals surface area contributed by atoms with Gasteiger partial charge in [-0.05, 0) is 23.9 Å². The molecule has 0 amide bonds.